The zero-order valence-corrected chi connectivity index (χ0v) is 13.0. The molecule has 1 aromatic rings. The van der Waals surface area contributed by atoms with Crippen molar-refractivity contribution in [3.05, 3.63) is 35.4 Å². The van der Waals surface area contributed by atoms with Crippen molar-refractivity contribution >= 4 is 0 Å². The highest BCUT2D eigenvalue weighted by Crippen LogP contribution is 2.27. The second-order valence-electron chi connectivity index (χ2n) is 5.83. The number of benzene rings is 1. The summed E-state index contributed by atoms with van der Waals surface area (Å²) in [5.41, 5.74) is 2.84. The van der Waals surface area contributed by atoms with Crippen LogP contribution in [0, 0.1) is 0 Å². The first-order valence-electron chi connectivity index (χ1n) is 8.29. The third-order valence-electron chi connectivity index (χ3n) is 4.11. The molecule has 1 saturated heterocycles. The Hall–Kier alpha value is -0.860. The van der Waals surface area contributed by atoms with Gasteiger partial charge in [-0.05, 0) is 49.8 Å². The minimum Gasteiger partial charge on any atom is -0.376 e. The average molecular weight is 275 g/mol. The van der Waals surface area contributed by atoms with Gasteiger partial charge in [0, 0.05) is 6.61 Å². The highest BCUT2D eigenvalue weighted by molar-refractivity contribution is 5.26. The summed E-state index contributed by atoms with van der Waals surface area (Å²) in [5, 5.41) is 3.67. The van der Waals surface area contributed by atoms with Crippen molar-refractivity contribution in [2.75, 3.05) is 13.2 Å². The van der Waals surface area contributed by atoms with E-state index in [2.05, 4.69) is 43.4 Å². The summed E-state index contributed by atoms with van der Waals surface area (Å²) < 4.78 is 5.90. The van der Waals surface area contributed by atoms with Crippen molar-refractivity contribution < 1.29 is 4.74 Å². The van der Waals surface area contributed by atoms with E-state index >= 15 is 0 Å². The maximum atomic E-state index is 5.90. The predicted molar refractivity (Wildman–Crippen MR) is 85.1 cm³/mol. The highest BCUT2D eigenvalue weighted by Gasteiger charge is 2.26. The van der Waals surface area contributed by atoms with E-state index in [1.807, 2.05) is 0 Å². The molecule has 1 N–H and O–H groups in total. The Morgan fingerprint density at radius 1 is 1.20 bits per heavy atom. The molecule has 2 nitrogen and oxygen atoms in total. The van der Waals surface area contributed by atoms with E-state index in [-0.39, 0.29) is 0 Å². The molecule has 0 saturated carbocycles. The lowest BCUT2D eigenvalue weighted by molar-refractivity contribution is 0.0783. The molecule has 0 aromatic heterocycles. The number of ether oxygens (including phenoxy) is 1. The van der Waals surface area contributed by atoms with Gasteiger partial charge in [-0.15, -0.1) is 0 Å². The summed E-state index contributed by atoms with van der Waals surface area (Å²) >= 11 is 0. The van der Waals surface area contributed by atoms with Crippen LogP contribution in [0.5, 0.6) is 0 Å². The van der Waals surface area contributed by atoms with Crippen LogP contribution in [0.1, 0.15) is 63.1 Å². The van der Waals surface area contributed by atoms with E-state index in [1.165, 1.54) is 43.2 Å². The highest BCUT2D eigenvalue weighted by atomic mass is 16.5. The van der Waals surface area contributed by atoms with Gasteiger partial charge in [0.05, 0.1) is 12.1 Å². The zero-order valence-electron chi connectivity index (χ0n) is 13.0. The minimum atomic E-state index is 0.350. The molecule has 0 aliphatic carbocycles. The smallest absolute Gasteiger partial charge is 0.0770 e. The van der Waals surface area contributed by atoms with Gasteiger partial charge in [-0.25, -0.2) is 0 Å². The van der Waals surface area contributed by atoms with Gasteiger partial charge in [0.2, 0.25) is 0 Å². The van der Waals surface area contributed by atoms with Crippen LogP contribution in [0.3, 0.4) is 0 Å². The van der Waals surface area contributed by atoms with Gasteiger partial charge in [-0.2, -0.15) is 0 Å². The Kier molecular flexibility index (Phi) is 6.55. The number of hydrogen-bond donors (Lipinski definition) is 1. The second kappa shape index (κ2) is 8.43. The Labute approximate surface area is 123 Å². The van der Waals surface area contributed by atoms with Crippen LogP contribution in [0.25, 0.3) is 0 Å². The molecule has 1 aliphatic rings. The predicted octanol–water partition coefficient (Wildman–Crippen LogP) is 4.25. The molecule has 2 unspecified atom stereocenters. The van der Waals surface area contributed by atoms with Gasteiger partial charge in [0.25, 0.3) is 0 Å². The van der Waals surface area contributed by atoms with Gasteiger partial charge in [0.15, 0.2) is 0 Å². The Morgan fingerprint density at radius 2 is 2.00 bits per heavy atom. The lowest BCUT2D eigenvalue weighted by atomic mass is 9.97. The van der Waals surface area contributed by atoms with Gasteiger partial charge in [-0.1, -0.05) is 44.5 Å². The quantitative estimate of drug-likeness (QED) is 0.766. The molecule has 0 radical (unpaired) electrons. The summed E-state index contributed by atoms with van der Waals surface area (Å²) in [6.45, 7) is 6.44. The molecule has 1 heterocycles. The summed E-state index contributed by atoms with van der Waals surface area (Å²) in [7, 11) is 0. The Morgan fingerprint density at radius 3 is 2.60 bits per heavy atom. The van der Waals surface area contributed by atoms with Crippen LogP contribution in [-0.2, 0) is 11.2 Å². The van der Waals surface area contributed by atoms with Crippen molar-refractivity contribution in [2.24, 2.45) is 0 Å². The van der Waals surface area contributed by atoms with Crippen LogP contribution in [-0.4, -0.2) is 19.3 Å². The van der Waals surface area contributed by atoms with E-state index in [0.717, 1.165) is 19.6 Å². The molecule has 20 heavy (non-hydrogen) atoms. The third-order valence-corrected chi connectivity index (χ3v) is 4.11. The molecule has 1 fully saturated rings. The van der Waals surface area contributed by atoms with E-state index < -0.39 is 0 Å². The topological polar surface area (TPSA) is 21.3 Å². The fourth-order valence-electron chi connectivity index (χ4n) is 2.90. The third kappa shape index (κ3) is 4.32. The van der Waals surface area contributed by atoms with Crippen molar-refractivity contribution in [3.63, 3.8) is 0 Å². The standard InChI is InChI=1S/C18H29NO/c1-3-5-7-15-9-11-16(12-10-15)18(19-13-4-2)17-8-6-14-20-17/h9-12,17-19H,3-8,13-14H2,1-2H3. The van der Waals surface area contributed by atoms with Gasteiger partial charge in [-0.3, -0.25) is 0 Å². The molecule has 0 spiro atoms. The van der Waals surface area contributed by atoms with Crippen LogP contribution in [0.4, 0.5) is 0 Å². The summed E-state index contributed by atoms with van der Waals surface area (Å²) in [6, 6.07) is 9.53. The molecule has 112 valence electrons. The SMILES string of the molecule is CCCCc1ccc(C(NCCC)C2CCCO2)cc1. The first-order valence-corrected chi connectivity index (χ1v) is 8.29. The maximum absolute atomic E-state index is 5.90. The molecule has 0 amide bonds. The molecular weight excluding hydrogens is 246 g/mol. The van der Waals surface area contributed by atoms with Crippen LogP contribution >= 0.6 is 0 Å². The number of aryl methyl sites for hydroxylation is 1. The maximum Gasteiger partial charge on any atom is 0.0770 e. The summed E-state index contributed by atoms with van der Waals surface area (Å²) in [5.74, 6) is 0. The van der Waals surface area contributed by atoms with Gasteiger partial charge < -0.3 is 10.1 Å². The normalized spacial score (nSPS) is 20.2. The molecule has 1 aromatic carbocycles. The number of rotatable bonds is 8. The largest absolute Gasteiger partial charge is 0.376 e. The van der Waals surface area contributed by atoms with Gasteiger partial charge >= 0.3 is 0 Å². The van der Waals surface area contributed by atoms with Crippen LogP contribution in [0.15, 0.2) is 24.3 Å². The first-order chi connectivity index (χ1) is 9.85. The molecule has 2 atom stereocenters. The molecule has 1 aliphatic heterocycles. The lowest BCUT2D eigenvalue weighted by Gasteiger charge is -2.25. The number of nitrogens with one attached hydrogen (secondary N) is 1. The molecular formula is C18H29NO. The zero-order chi connectivity index (χ0) is 14.2. The fourth-order valence-corrected chi connectivity index (χ4v) is 2.90. The summed E-state index contributed by atoms with van der Waals surface area (Å²) in [4.78, 5) is 0. The lowest BCUT2D eigenvalue weighted by Crippen LogP contribution is -2.32. The molecule has 2 heteroatoms. The second-order valence-corrected chi connectivity index (χ2v) is 5.83. The number of unbranched alkanes of at least 4 members (excludes halogenated alkanes) is 1. The van der Waals surface area contributed by atoms with E-state index in [4.69, 9.17) is 4.74 Å². The van der Waals surface area contributed by atoms with Crippen molar-refractivity contribution in [2.45, 2.75) is 64.5 Å². The van der Waals surface area contributed by atoms with Crippen molar-refractivity contribution in [1.82, 2.24) is 5.32 Å². The Balaban J connectivity index is 2.03. The van der Waals surface area contributed by atoms with E-state index in [0.29, 0.717) is 12.1 Å². The van der Waals surface area contributed by atoms with Crippen LogP contribution < -0.4 is 5.32 Å². The monoisotopic (exact) mass is 275 g/mol. The first kappa shape index (κ1) is 15.5. The Bertz CT molecular complexity index is 368. The van der Waals surface area contributed by atoms with Crippen molar-refractivity contribution in [1.29, 1.82) is 0 Å². The van der Waals surface area contributed by atoms with E-state index in [1.54, 1.807) is 0 Å². The van der Waals surface area contributed by atoms with E-state index in [9.17, 15) is 0 Å². The molecule has 2 rings (SSSR count). The van der Waals surface area contributed by atoms with Gasteiger partial charge in [0.1, 0.15) is 0 Å². The average Bonchev–Trinajstić information content (AvgIpc) is 3.01. The van der Waals surface area contributed by atoms with Crippen LogP contribution in [0.2, 0.25) is 0 Å². The number of hydrogen-bond acceptors (Lipinski definition) is 2. The fraction of sp³-hybridized carbons (Fsp3) is 0.667. The summed E-state index contributed by atoms with van der Waals surface area (Å²) in [6.07, 6.45) is 7.63. The van der Waals surface area contributed by atoms with Crippen molar-refractivity contribution in [3.8, 4) is 0 Å². The molecule has 0 bridgehead atoms. The minimum absolute atomic E-state index is 0.350.